The molecule has 0 atom stereocenters. The Morgan fingerprint density at radius 1 is 0.651 bits per heavy atom. The monoisotopic (exact) mass is 575 g/mol. The van der Waals surface area contributed by atoms with Crippen molar-refractivity contribution < 1.29 is 9.53 Å². The van der Waals surface area contributed by atoms with Gasteiger partial charge in [0.05, 0.1) is 49.5 Å². The molecule has 0 radical (unpaired) electrons. The standard InChI is InChI=1S/2C8H8N2.C8H7N.C7H6N2.C2H4O2.CH4/c1-6-2-3-7-5-9-10-8(7)4-6;1-6-3-2-4-7-5-9-10-8(6)7;1-2-4-8-7(3-1)5-6-9-8;1-2-4-7-6(3-1)5-8-9-7;1-4-2-3;/h2*2-4H,5H2,1H3;1-4,6H,5H2;1-4H,5H2;2H,1H3;1H4. The van der Waals surface area contributed by atoms with E-state index in [1.54, 1.807) is 0 Å². The van der Waals surface area contributed by atoms with E-state index in [-0.39, 0.29) is 7.43 Å². The summed E-state index contributed by atoms with van der Waals surface area (Å²) in [5, 5.41) is 23.7. The van der Waals surface area contributed by atoms with Crippen molar-refractivity contribution >= 4 is 35.4 Å². The second kappa shape index (κ2) is 16.9. The topological polar surface area (TPSA) is 113 Å². The number of hydrogen-bond acceptors (Lipinski definition) is 9. The molecular weight excluding hydrogens is 538 g/mol. The molecule has 0 amide bonds. The van der Waals surface area contributed by atoms with Gasteiger partial charge in [0, 0.05) is 29.3 Å². The summed E-state index contributed by atoms with van der Waals surface area (Å²) in [4.78, 5) is 13.1. The van der Waals surface area contributed by atoms with Gasteiger partial charge < -0.3 is 4.74 Å². The molecule has 0 fully saturated rings. The number of hydrogen-bond donors (Lipinski definition) is 0. The largest absolute Gasteiger partial charge is 0.471 e. The van der Waals surface area contributed by atoms with Gasteiger partial charge in [-0.3, -0.25) is 9.79 Å². The minimum absolute atomic E-state index is 0. The quantitative estimate of drug-likeness (QED) is 0.210. The number of fused-ring (bicyclic) bond motifs is 4. The summed E-state index contributed by atoms with van der Waals surface area (Å²) in [5.41, 5.74) is 11.8. The molecule has 0 saturated heterocycles. The maximum atomic E-state index is 8.95. The highest BCUT2D eigenvalue weighted by atomic mass is 16.5. The van der Waals surface area contributed by atoms with Crippen molar-refractivity contribution in [1.82, 2.24) is 0 Å². The Bertz CT molecular complexity index is 1570. The van der Waals surface area contributed by atoms with Crippen LogP contribution in [0.1, 0.15) is 40.8 Å². The molecule has 0 N–H and O–H groups in total. The molecule has 0 aliphatic carbocycles. The van der Waals surface area contributed by atoms with Crippen LogP contribution in [0.15, 0.2) is 121 Å². The van der Waals surface area contributed by atoms with Crippen LogP contribution in [0.25, 0.3) is 0 Å². The normalized spacial score (nSPS) is 12.6. The van der Waals surface area contributed by atoms with Crippen molar-refractivity contribution in [2.45, 2.75) is 47.3 Å². The average molecular weight is 576 g/mol. The van der Waals surface area contributed by atoms with Gasteiger partial charge in [-0.15, -0.1) is 0 Å². The second-order valence-corrected chi connectivity index (χ2v) is 9.52. The molecule has 220 valence electrons. The molecule has 4 heterocycles. The van der Waals surface area contributed by atoms with E-state index in [4.69, 9.17) is 4.79 Å². The number of ether oxygens (including phenoxy) is 1. The highest BCUT2D eigenvalue weighted by Gasteiger charge is 2.08. The van der Waals surface area contributed by atoms with Crippen LogP contribution in [0.4, 0.5) is 22.7 Å². The molecule has 4 aromatic rings. The number of carbonyl (C=O) groups is 1. The zero-order valence-corrected chi connectivity index (χ0v) is 24.0. The maximum Gasteiger partial charge on any atom is 0.292 e. The maximum absolute atomic E-state index is 8.95. The lowest BCUT2D eigenvalue weighted by Gasteiger charge is -1.96. The fourth-order valence-corrected chi connectivity index (χ4v) is 4.24. The van der Waals surface area contributed by atoms with Crippen LogP contribution in [0, 0.1) is 13.8 Å². The molecule has 0 saturated carbocycles. The molecule has 43 heavy (non-hydrogen) atoms. The molecule has 0 bridgehead atoms. The number of carbonyl (C=O) groups excluding carboxylic acids is 1. The SMILES string of the molecule is C.C1=Nc2ccccc2C1.COC=O.Cc1ccc2c(c1)N=NC2.Cc1cccc2c1N=NC2.c1ccc2c(c1)CN=N2. The predicted molar refractivity (Wildman–Crippen MR) is 172 cm³/mol. The van der Waals surface area contributed by atoms with Gasteiger partial charge in [0.2, 0.25) is 0 Å². The summed E-state index contributed by atoms with van der Waals surface area (Å²) in [5.74, 6) is 0. The Kier molecular flexibility index (Phi) is 12.7. The van der Waals surface area contributed by atoms with E-state index in [2.05, 4.69) is 96.7 Å². The van der Waals surface area contributed by atoms with Crippen molar-refractivity contribution in [1.29, 1.82) is 0 Å². The van der Waals surface area contributed by atoms with Crippen molar-refractivity contribution in [3.8, 4) is 0 Å². The average Bonchev–Trinajstić information content (AvgIpc) is 3.85. The van der Waals surface area contributed by atoms with Crippen LogP contribution >= 0.6 is 0 Å². The van der Waals surface area contributed by atoms with Gasteiger partial charge >= 0.3 is 0 Å². The van der Waals surface area contributed by atoms with E-state index in [9.17, 15) is 0 Å². The van der Waals surface area contributed by atoms with E-state index >= 15 is 0 Å². The van der Waals surface area contributed by atoms with Gasteiger partial charge in [-0.25, -0.2) is 0 Å². The number of nitrogens with zero attached hydrogens (tertiary/aromatic N) is 7. The number of azo groups is 3. The van der Waals surface area contributed by atoms with Crippen molar-refractivity contribution in [3.63, 3.8) is 0 Å². The van der Waals surface area contributed by atoms with Crippen molar-refractivity contribution in [3.05, 3.63) is 118 Å². The smallest absolute Gasteiger partial charge is 0.292 e. The Morgan fingerprint density at radius 2 is 1.23 bits per heavy atom. The van der Waals surface area contributed by atoms with Gasteiger partial charge in [0.25, 0.3) is 6.47 Å². The van der Waals surface area contributed by atoms with Gasteiger partial charge in [-0.05, 0) is 48.7 Å². The van der Waals surface area contributed by atoms with Crippen molar-refractivity contribution in [2.75, 3.05) is 7.11 Å². The third-order valence-electron chi connectivity index (χ3n) is 6.43. The lowest BCUT2D eigenvalue weighted by molar-refractivity contribution is -0.126. The zero-order chi connectivity index (χ0) is 29.6. The van der Waals surface area contributed by atoms with Gasteiger partial charge in [-0.2, -0.15) is 30.7 Å². The highest BCUT2D eigenvalue weighted by Crippen LogP contribution is 2.30. The van der Waals surface area contributed by atoms with E-state index in [0.717, 1.165) is 48.8 Å². The van der Waals surface area contributed by atoms with Crippen LogP contribution in [-0.2, 0) is 35.6 Å². The van der Waals surface area contributed by atoms with E-state index in [0.29, 0.717) is 6.47 Å². The number of methoxy groups -OCH3 is 1. The lowest BCUT2D eigenvalue weighted by atomic mass is 10.1. The van der Waals surface area contributed by atoms with Gasteiger partial charge in [0.15, 0.2) is 0 Å². The van der Waals surface area contributed by atoms with Gasteiger partial charge in [-0.1, -0.05) is 74.2 Å². The van der Waals surface area contributed by atoms with Crippen LogP contribution in [-0.4, -0.2) is 19.8 Å². The molecule has 8 rings (SSSR count). The number of benzene rings is 4. The fraction of sp³-hybridized carbons (Fsp3) is 0.235. The first kappa shape index (κ1) is 32.3. The Balaban J connectivity index is 0.000000150. The summed E-state index contributed by atoms with van der Waals surface area (Å²) < 4.78 is 3.86. The van der Waals surface area contributed by atoms with Crippen LogP contribution in [0.2, 0.25) is 0 Å². The molecule has 0 aromatic heterocycles. The van der Waals surface area contributed by atoms with Crippen LogP contribution in [0.5, 0.6) is 0 Å². The summed E-state index contributed by atoms with van der Waals surface area (Å²) in [6, 6.07) is 28.7. The number of para-hydroxylation sites is 1. The molecular formula is C34H37N7O2. The second-order valence-electron chi connectivity index (χ2n) is 9.52. The van der Waals surface area contributed by atoms with E-state index < -0.39 is 0 Å². The summed E-state index contributed by atoms with van der Waals surface area (Å²) in [7, 11) is 1.31. The van der Waals surface area contributed by atoms with Crippen molar-refractivity contribution in [2.24, 2.45) is 35.7 Å². The summed E-state index contributed by atoms with van der Waals surface area (Å²) in [6.45, 7) is 6.78. The lowest BCUT2D eigenvalue weighted by Crippen LogP contribution is -1.77. The molecule has 9 heteroatoms. The minimum atomic E-state index is 0. The van der Waals surface area contributed by atoms with E-state index in [1.807, 2.05) is 48.7 Å². The number of rotatable bonds is 1. The molecule has 0 unspecified atom stereocenters. The van der Waals surface area contributed by atoms with Crippen LogP contribution in [0.3, 0.4) is 0 Å². The van der Waals surface area contributed by atoms with E-state index in [1.165, 1.54) is 40.5 Å². The zero-order valence-electron chi connectivity index (χ0n) is 24.0. The molecule has 4 aliphatic heterocycles. The molecule has 9 nitrogen and oxygen atoms in total. The first-order valence-corrected chi connectivity index (χ1v) is 13.5. The number of aryl methyl sites for hydroxylation is 2. The highest BCUT2D eigenvalue weighted by molar-refractivity contribution is 5.75. The first-order valence-electron chi connectivity index (χ1n) is 13.5. The molecule has 4 aromatic carbocycles. The minimum Gasteiger partial charge on any atom is -0.471 e. The molecule has 4 aliphatic rings. The third-order valence-corrected chi connectivity index (χ3v) is 6.43. The fourth-order valence-electron chi connectivity index (χ4n) is 4.24. The Labute approximate surface area is 253 Å². The number of aliphatic imine (C=N–C) groups is 1. The Morgan fingerprint density at radius 3 is 1.91 bits per heavy atom. The molecule has 0 spiro atoms. The van der Waals surface area contributed by atoms with Crippen LogP contribution < -0.4 is 0 Å². The predicted octanol–water partition coefficient (Wildman–Crippen LogP) is 9.84. The van der Waals surface area contributed by atoms with Gasteiger partial charge in [0.1, 0.15) is 0 Å². The Hall–Kier alpha value is -5.18. The third kappa shape index (κ3) is 9.43. The first-order chi connectivity index (χ1) is 20.6. The summed E-state index contributed by atoms with van der Waals surface area (Å²) in [6.07, 6.45) is 2.96. The summed E-state index contributed by atoms with van der Waals surface area (Å²) >= 11 is 0.